The monoisotopic (exact) mass is 406 g/mol. The maximum atomic E-state index is 13.2. The van der Waals surface area contributed by atoms with Crippen LogP contribution in [0, 0.1) is 0 Å². The number of pyridine rings is 1. The Bertz CT molecular complexity index is 1010. The first-order valence-electron chi connectivity index (χ1n) is 7.12. The van der Waals surface area contributed by atoms with E-state index in [-0.39, 0.29) is 10.2 Å². The summed E-state index contributed by atoms with van der Waals surface area (Å²) in [6.07, 6.45) is -8.71. The van der Waals surface area contributed by atoms with Crippen molar-refractivity contribution >= 4 is 11.8 Å². The molecule has 0 aliphatic rings. The number of nitrogens with one attached hydrogen (secondary N) is 1. The van der Waals surface area contributed by atoms with Crippen molar-refractivity contribution in [3.05, 3.63) is 64.2 Å². The van der Waals surface area contributed by atoms with Gasteiger partial charge in [-0.2, -0.15) is 26.3 Å². The fourth-order valence-corrected chi connectivity index (χ4v) is 2.97. The van der Waals surface area contributed by atoms with Gasteiger partial charge in [-0.1, -0.05) is 12.1 Å². The SMILES string of the molecule is O=c1[nH]nc(Sc2ccc(C(F)(F)F)cn2)n1-c1ccccc1C(F)(F)F. The van der Waals surface area contributed by atoms with Gasteiger partial charge in [-0.15, -0.1) is 5.10 Å². The lowest BCUT2D eigenvalue weighted by molar-refractivity contribution is -0.138. The minimum absolute atomic E-state index is 0.0211. The molecule has 0 atom stereocenters. The summed E-state index contributed by atoms with van der Waals surface area (Å²) in [7, 11) is 0. The summed E-state index contributed by atoms with van der Waals surface area (Å²) in [4.78, 5) is 15.6. The van der Waals surface area contributed by atoms with Crippen LogP contribution >= 0.6 is 11.8 Å². The van der Waals surface area contributed by atoms with Crippen LogP contribution in [0.3, 0.4) is 0 Å². The summed E-state index contributed by atoms with van der Waals surface area (Å²) in [6.45, 7) is 0. The molecule has 1 aromatic carbocycles. The third-order valence-electron chi connectivity index (χ3n) is 3.35. The Morgan fingerprint density at radius 1 is 0.963 bits per heavy atom. The standard InChI is InChI=1S/C15H8F6N4OS/c16-14(17,18)8-5-6-11(22-7-8)27-13-24-23-12(26)25(13)10-4-2-1-3-9(10)15(19,20)21/h1-7H,(H,23,26). The molecule has 2 heterocycles. The van der Waals surface area contributed by atoms with E-state index in [1.807, 2.05) is 5.10 Å². The maximum Gasteiger partial charge on any atom is 0.418 e. The number of hydrogen-bond acceptors (Lipinski definition) is 4. The van der Waals surface area contributed by atoms with Gasteiger partial charge >= 0.3 is 18.0 Å². The second-order valence-corrected chi connectivity index (χ2v) is 6.13. The number of halogens is 6. The lowest BCUT2D eigenvalue weighted by atomic mass is 10.1. The minimum Gasteiger partial charge on any atom is -0.249 e. The zero-order valence-corrected chi connectivity index (χ0v) is 13.8. The highest BCUT2D eigenvalue weighted by molar-refractivity contribution is 7.99. The van der Waals surface area contributed by atoms with E-state index in [1.165, 1.54) is 12.1 Å². The molecule has 0 bridgehead atoms. The summed E-state index contributed by atoms with van der Waals surface area (Å²) in [5.41, 5.74) is -3.43. The van der Waals surface area contributed by atoms with E-state index in [9.17, 15) is 31.1 Å². The number of nitrogens with zero attached hydrogens (tertiary/aromatic N) is 3. The fraction of sp³-hybridized carbons (Fsp3) is 0.133. The molecular weight excluding hydrogens is 398 g/mol. The van der Waals surface area contributed by atoms with Crippen LogP contribution in [0.1, 0.15) is 11.1 Å². The lowest BCUT2D eigenvalue weighted by Gasteiger charge is -2.13. The Balaban J connectivity index is 2.01. The lowest BCUT2D eigenvalue weighted by Crippen LogP contribution is -2.20. The molecule has 0 unspecified atom stereocenters. The van der Waals surface area contributed by atoms with Gasteiger partial charge in [0.25, 0.3) is 0 Å². The van der Waals surface area contributed by atoms with Gasteiger partial charge in [-0.25, -0.2) is 19.4 Å². The van der Waals surface area contributed by atoms with Crippen LogP contribution in [0.2, 0.25) is 0 Å². The third kappa shape index (κ3) is 3.99. The number of hydrogen-bond donors (Lipinski definition) is 1. The first-order valence-corrected chi connectivity index (χ1v) is 7.94. The summed E-state index contributed by atoms with van der Waals surface area (Å²) in [5, 5.41) is 5.49. The van der Waals surface area contributed by atoms with Gasteiger partial charge in [-0.3, -0.25) is 0 Å². The molecule has 0 radical (unpaired) electrons. The van der Waals surface area contributed by atoms with Crippen LogP contribution < -0.4 is 5.69 Å². The van der Waals surface area contributed by atoms with E-state index in [1.54, 1.807) is 0 Å². The highest BCUT2D eigenvalue weighted by atomic mass is 32.2. The molecular formula is C15H8F6N4OS. The van der Waals surface area contributed by atoms with Gasteiger partial charge in [0, 0.05) is 6.20 Å². The van der Waals surface area contributed by atoms with Gasteiger partial charge in [0.05, 0.1) is 16.8 Å². The van der Waals surface area contributed by atoms with Gasteiger partial charge < -0.3 is 0 Å². The molecule has 3 aromatic rings. The van der Waals surface area contributed by atoms with Gasteiger partial charge in [0.1, 0.15) is 5.03 Å². The zero-order valence-electron chi connectivity index (χ0n) is 13.0. The van der Waals surface area contributed by atoms with E-state index in [0.29, 0.717) is 22.5 Å². The molecule has 0 aliphatic heterocycles. The number of rotatable bonds is 3. The summed E-state index contributed by atoms with van der Waals surface area (Å²) >= 11 is 0.643. The fourth-order valence-electron chi connectivity index (χ4n) is 2.17. The maximum absolute atomic E-state index is 13.2. The van der Waals surface area contributed by atoms with Crippen LogP contribution in [0.25, 0.3) is 5.69 Å². The first kappa shape index (κ1) is 19.0. The number of para-hydroxylation sites is 1. The molecule has 27 heavy (non-hydrogen) atoms. The molecule has 5 nitrogen and oxygen atoms in total. The average Bonchev–Trinajstić information content (AvgIpc) is 2.94. The first-order chi connectivity index (χ1) is 12.6. The zero-order chi connectivity index (χ0) is 19.8. The highest BCUT2D eigenvalue weighted by Crippen LogP contribution is 2.35. The van der Waals surface area contributed by atoms with Gasteiger partial charge in [0.2, 0.25) is 5.16 Å². The molecule has 0 saturated carbocycles. The Morgan fingerprint density at radius 2 is 1.67 bits per heavy atom. The van der Waals surface area contributed by atoms with Crippen LogP contribution in [0.4, 0.5) is 26.3 Å². The summed E-state index contributed by atoms with van der Waals surface area (Å²) in [6, 6.07) is 6.18. The number of H-pyrrole nitrogens is 1. The number of benzene rings is 1. The Labute approximate surface area is 151 Å². The molecule has 0 spiro atoms. The van der Waals surface area contributed by atoms with Gasteiger partial charge in [0.15, 0.2) is 0 Å². The summed E-state index contributed by atoms with van der Waals surface area (Å²) < 4.78 is 78.1. The highest BCUT2D eigenvalue weighted by Gasteiger charge is 2.35. The van der Waals surface area contributed by atoms with Crippen molar-refractivity contribution in [1.82, 2.24) is 19.7 Å². The second kappa shape index (κ2) is 6.76. The molecule has 142 valence electrons. The van der Waals surface area contributed by atoms with Crippen molar-refractivity contribution in [3.63, 3.8) is 0 Å². The van der Waals surface area contributed by atoms with E-state index in [4.69, 9.17) is 0 Å². The van der Waals surface area contributed by atoms with E-state index < -0.39 is 34.9 Å². The molecule has 0 aliphatic carbocycles. The second-order valence-electron chi connectivity index (χ2n) is 5.15. The normalized spacial score (nSPS) is 12.4. The van der Waals surface area contributed by atoms with E-state index in [2.05, 4.69) is 10.1 Å². The molecule has 1 N–H and O–H groups in total. The van der Waals surface area contributed by atoms with Crippen molar-refractivity contribution in [2.45, 2.75) is 22.5 Å². The molecule has 3 rings (SSSR count). The van der Waals surface area contributed by atoms with Crippen molar-refractivity contribution < 1.29 is 26.3 Å². The smallest absolute Gasteiger partial charge is 0.249 e. The Kier molecular flexibility index (Phi) is 4.76. The topological polar surface area (TPSA) is 63.6 Å². The molecule has 12 heteroatoms. The van der Waals surface area contributed by atoms with Crippen LogP contribution in [0.15, 0.2) is 57.6 Å². The third-order valence-corrected chi connectivity index (χ3v) is 4.26. The number of alkyl halides is 6. The predicted octanol–water partition coefficient (Wildman–Crippen LogP) is 4.14. The Hall–Kier alpha value is -2.76. The van der Waals surface area contributed by atoms with Crippen LogP contribution in [-0.4, -0.2) is 19.7 Å². The van der Waals surface area contributed by atoms with Crippen molar-refractivity contribution in [3.8, 4) is 5.69 Å². The minimum atomic E-state index is -4.72. The molecule has 0 fully saturated rings. The van der Waals surface area contributed by atoms with Gasteiger partial charge in [-0.05, 0) is 36.0 Å². The predicted molar refractivity (Wildman–Crippen MR) is 82.5 cm³/mol. The van der Waals surface area contributed by atoms with Crippen LogP contribution in [0.5, 0.6) is 0 Å². The number of aromatic nitrogens is 4. The molecule has 0 amide bonds. The van der Waals surface area contributed by atoms with Crippen LogP contribution in [-0.2, 0) is 12.4 Å². The largest absolute Gasteiger partial charge is 0.418 e. The number of aromatic amines is 1. The van der Waals surface area contributed by atoms with Crippen molar-refractivity contribution in [1.29, 1.82) is 0 Å². The van der Waals surface area contributed by atoms with E-state index in [0.717, 1.165) is 24.3 Å². The molecule has 0 saturated heterocycles. The Morgan fingerprint density at radius 3 is 2.26 bits per heavy atom. The average molecular weight is 406 g/mol. The van der Waals surface area contributed by atoms with E-state index >= 15 is 0 Å². The van der Waals surface area contributed by atoms with Crippen molar-refractivity contribution in [2.75, 3.05) is 0 Å². The quantitative estimate of drug-likeness (QED) is 0.664. The summed E-state index contributed by atoms with van der Waals surface area (Å²) in [5.74, 6) is 0. The van der Waals surface area contributed by atoms with Crippen molar-refractivity contribution in [2.24, 2.45) is 0 Å². The molecule has 2 aromatic heterocycles.